The average molecular weight is 598 g/mol. The van der Waals surface area contributed by atoms with Crippen molar-refractivity contribution in [1.29, 1.82) is 0 Å². The van der Waals surface area contributed by atoms with Gasteiger partial charge in [-0.1, -0.05) is 30.3 Å². The Morgan fingerprint density at radius 1 is 0.953 bits per heavy atom. The highest BCUT2D eigenvalue weighted by atomic mass is 16.5. The van der Waals surface area contributed by atoms with Crippen LogP contribution >= 0.6 is 0 Å². The average Bonchev–Trinajstić information content (AvgIpc) is 3.79. The van der Waals surface area contributed by atoms with E-state index in [1.165, 1.54) is 18.4 Å². The molecule has 1 aliphatic heterocycles. The molecule has 4 atom stereocenters. The van der Waals surface area contributed by atoms with Crippen molar-refractivity contribution in [3.8, 4) is 5.75 Å². The molecule has 0 unspecified atom stereocenters. The molecule has 2 aromatic rings. The van der Waals surface area contributed by atoms with E-state index in [4.69, 9.17) is 28.4 Å². The lowest BCUT2D eigenvalue weighted by molar-refractivity contribution is -0.0835. The van der Waals surface area contributed by atoms with Crippen molar-refractivity contribution in [2.45, 2.75) is 82.9 Å². The van der Waals surface area contributed by atoms with Crippen LogP contribution in [0.2, 0.25) is 0 Å². The molecule has 0 amide bonds. The largest absolute Gasteiger partial charge is 0.490 e. The first-order valence-corrected chi connectivity index (χ1v) is 16.1. The molecule has 0 saturated heterocycles. The van der Waals surface area contributed by atoms with Gasteiger partial charge in [0.2, 0.25) is 0 Å². The molecule has 5 rings (SSSR count). The Hall–Kier alpha value is -2.20. The first-order valence-electron chi connectivity index (χ1n) is 16.1. The predicted molar refractivity (Wildman–Crippen MR) is 167 cm³/mol. The molecule has 2 saturated carbocycles. The van der Waals surface area contributed by atoms with Gasteiger partial charge >= 0.3 is 0 Å². The lowest BCUT2D eigenvalue weighted by atomic mass is 9.79. The van der Waals surface area contributed by atoms with Gasteiger partial charge in [-0.25, -0.2) is 0 Å². The highest BCUT2D eigenvalue weighted by Crippen LogP contribution is 2.46. The van der Waals surface area contributed by atoms with E-state index in [0.717, 1.165) is 81.2 Å². The van der Waals surface area contributed by atoms with Gasteiger partial charge in [0.25, 0.3) is 0 Å². The van der Waals surface area contributed by atoms with Gasteiger partial charge in [-0.15, -0.1) is 0 Å². The topological polar surface area (TPSA) is 78.9 Å². The van der Waals surface area contributed by atoms with Crippen molar-refractivity contribution in [3.05, 3.63) is 59.2 Å². The Bertz CT molecular complexity index is 1120. The van der Waals surface area contributed by atoms with Crippen LogP contribution in [-0.2, 0) is 36.9 Å². The van der Waals surface area contributed by atoms with E-state index in [1.807, 2.05) is 0 Å². The molecule has 0 spiro atoms. The van der Waals surface area contributed by atoms with Gasteiger partial charge in [0.15, 0.2) is 0 Å². The normalized spacial score (nSPS) is 23.4. The minimum Gasteiger partial charge on any atom is -0.490 e. The summed E-state index contributed by atoms with van der Waals surface area (Å²) < 4.78 is 35.7. The first-order chi connectivity index (χ1) is 21.0. The Morgan fingerprint density at radius 2 is 1.72 bits per heavy atom. The van der Waals surface area contributed by atoms with E-state index in [0.29, 0.717) is 26.4 Å². The van der Waals surface area contributed by atoms with Crippen molar-refractivity contribution < 1.29 is 33.5 Å². The van der Waals surface area contributed by atoms with E-state index < -0.39 is 6.10 Å². The van der Waals surface area contributed by atoms with Crippen molar-refractivity contribution in [2.24, 2.45) is 5.41 Å². The number of aliphatic hydroxyl groups is 1. The zero-order chi connectivity index (χ0) is 30.1. The molecule has 2 aliphatic carbocycles. The highest BCUT2D eigenvalue weighted by molar-refractivity contribution is 5.61. The summed E-state index contributed by atoms with van der Waals surface area (Å²) in [5, 5.41) is 9.96. The van der Waals surface area contributed by atoms with Crippen molar-refractivity contribution in [3.63, 3.8) is 0 Å². The van der Waals surface area contributed by atoms with Crippen LogP contribution in [0.15, 0.2) is 42.5 Å². The number of nitrogens with zero attached hydrogens (tertiary/aromatic N) is 1. The molecule has 8 heteroatoms. The highest BCUT2D eigenvalue weighted by Gasteiger charge is 2.43. The monoisotopic (exact) mass is 597 g/mol. The van der Waals surface area contributed by atoms with E-state index in [2.05, 4.69) is 47.4 Å². The summed E-state index contributed by atoms with van der Waals surface area (Å²) in [4.78, 5) is 2.39. The maximum absolute atomic E-state index is 9.96. The molecule has 0 aromatic heterocycles. The van der Waals surface area contributed by atoms with Crippen LogP contribution in [0.1, 0.15) is 68.1 Å². The maximum atomic E-state index is 9.96. The molecule has 2 fully saturated rings. The summed E-state index contributed by atoms with van der Waals surface area (Å²) in [6.07, 6.45) is 5.82. The third-order valence-electron chi connectivity index (χ3n) is 9.00. The summed E-state index contributed by atoms with van der Waals surface area (Å²) in [7, 11) is 3.51. The molecule has 8 nitrogen and oxygen atoms in total. The second-order valence-corrected chi connectivity index (χ2v) is 12.7. The number of hydrogen-bond acceptors (Lipinski definition) is 8. The van der Waals surface area contributed by atoms with E-state index >= 15 is 0 Å². The molecule has 1 heterocycles. The molecule has 1 N–H and O–H groups in total. The fourth-order valence-electron chi connectivity index (χ4n) is 6.46. The second kappa shape index (κ2) is 15.7. The Labute approximate surface area is 257 Å². The Kier molecular flexibility index (Phi) is 11.7. The van der Waals surface area contributed by atoms with Gasteiger partial charge in [-0.3, -0.25) is 0 Å². The quantitative estimate of drug-likeness (QED) is 0.240. The van der Waals surface area contributed by atoms with Crippen LogP contribution in [0.4, 0.5) is 5.69 Å². The molecule has 3 aliphatic rings. The summed E-state index contributed by atoms with van der Waals surface area (Å²) in [5.74, 6) is 1.02. The zero-order valence-electron chi connectivity index (χ0n) is 26.3. The van der Waals surface area contributed by atoms with Crippen LogP contribution < -0.4 is 9.64 Å². The van der Waals surface area contributed by atoms with Gasteiger partial charge < -0.3 is 38.4 Å². The summed E-state index contributed by atoms with van der Waals surface area (Å²) in [6.45, 7) is 8.02. The van der Waals surface area contributed by atoms with Gasteiger partial charge in [0.05, 0.1) is 63.6 Å². The number of hydrogen-bond donors (Lipinski definition) is 1. The van der Waals surface area contributed by atoms with Crippen molar-refractivity contribution in [2.75, 3.05) is 65.2 Å². The summed E-state index contributed by atoms with van der Waals surface area (Å²) >= 11 is 0. The van der Waals surface area contributed by atoms with Crippen LogP contribution in [0, 0.1) is 5.41 Å². The van der Waals surface area contributed by atoms with Crippen molar-refractivity contribution >= 4 is 5.69 Å². The number of aliphatic hydroxyl groups excluding tert-OH is 1. The molecular weight excluding hydrogens is 546 g/mol. The second-order valence-electron chi connectivity index (χ2n) is 12.7. The Balaban J connectivity index is 1.25. The molecule has 0 radical (unpaired) electrons. The first kappa shape index (κ1) is 32.2. The minimum atomic E-state index is -0.501. The zero-order valence-corrected chi connectivity index (χ0v) is 26.3. The lowest BCUT2D eigenvalue weighted by Crippen LogP contribution is -2.38. The molecule has 2 aromatic carbocycles. The third-order valence-corrected chi connectivity index (χ3v) is 9.00. The van der Waals surface area contributed by atoms with Crippen molar-refractivity contribution in [1.82, 2.24) is 0 Å². The standard InChI is InChI=1S/C35H51NO7/c1-26(37)21-42-32-6-4-7-33(34(32)29-11-8-27(9-12-29)22-40-25-35(14-15-35)24-39-3)43-23-28-10-13-31-30(20-28)36(17-19-41-31)16-5-18-38-2/h8-13,20,26,32-34,37H,4-7,14-19,21-25H2,1-3H3/t26-,32-,33+,34+/m1/s1. The SMILES string of the molecule is COCCCN1CCOc2ccc(CO[C@H]3CCC[C@@H](OC[C@@H](C)O)[C@@H]3c3ccc(COCC4(COC)CC4)cc3)cc21. The molecular formula is C35H51NO7. The molecule has 0 bridgehead atoms. The molecule has 238 valence electrons. The predicted octanol–water partition coefficient (Wildman–Crippen LogP) is 5.48. The number of rotatable bonds is 17. The van der Waals surface area contributed by atoms with E-state index in [-0.39, 0.29) is 23.5 Å². The van der Waals surface area contributed by atoms with Gasteiger partial charge in [0.1, 0.15) is 12.4 Å². The van der Waals surface area contributed by atoms with E-state index in [1.54, 1.807) is 21.1 Å². The fourth-order valence-corrected chi connectivity index (χ4v) is 6.46. The number of ether oxygens (including phenoxy) is 6. The molecule has 43 heavy (non-hydrogen) atoms. The van der Waals surface area contributed by atoms with E-state index in [9.17, 15) is 5.11 Å². The number of fused-ring (bicyclic) bond motifs is 1. The smallest absolute Gasteiger partial charge is 0.142 e. The van der Waals surface area contributed by atoms with Gasteiger partial charge in [-0.05, 0) is 74.3 Å². The van der Waals surface area contributed by atoms with Crippen LogP contribution in [0.5, 0.6) is 5.75 Å². The summed E-state index contributed by atoms with van der Waals surface area (Å²) in [5.41, 5.74) is 4.88. The fraction of sp³-hybridized carbons (Fsp3) is 0.657. The van der Waals surface area contributed by atoms with Crippen LogP contribution in [-0.4, -0.2) is 83.8 Å². The number of anilines is 1. The number of benzene rings is 2. The van der Waals surface area contributed by atoms with Gasteiger partial charge in [-0.2, -0.15) is 0 Å². The Morgan fingerprint density at radius 3 is 2.44 bits per heavy atom. The summed E-state index contributed by atoms with van der Waals surface area (Å²) in [6, 6.07) is 15.2. The minimum absolute atomic E-state index is 0.00701. The maximum Gasteiger partial charge on any atom is 0.142 e. The van der Waals surface area contributed by atoms with Crippen LogP contribution in [0.3, 0.4) is 0 Å². The van der Waals surface area contributed by atoms with Gasteiger partial charge in [0, 0.05) is 38.7 Å². The number of methoxy groups -OCH3 is 2. The van der Waals surface area contributed by atoms with Crippen LogP contribution in [0.25, 0.3) is 0 Å². The third kappa shape index (κ3) is 8.93. The lowest BCUT2D eigenvalue weighted by Gasteiger charge is -2.38.